The number of phenols is 1. The van der Waals surface area contributed by atoms with Crippen molar-refractivity contribution in [2.45, 2.75) is 46.1 Å². The lowest BCUT2D eigenvalue weighted by Gasteiger charge is -2.29. The molecule has 21 heavy (non-hydrogen) atoms. The number of phenolic OH excluding ortho intramolecular Hbond substituents is 1. The van der Waals surface area contributed by atoms with Crippen LogP contribution in [-0.2, 0) is 4.79 Å². The number of carbonyl (C=O) groups excluding carboxylic acids is 1. The van der Waals surface area contributed by atoms with E-state index in [-0.39, 0.29) is 17.7 Å². The van der Waals surface area contributed by atoms with E-state index in [0.717, 1.165) is 18.4 Å². The molecule has 2 atom stereocenters. The summed E-state index contributed by atoms with van der Waals surface area (Å²) in [5, 5.41) is 9.57. The number of amides is 1. The number of hydrogen-bond acceptors (Lipinski definition) is 3. The molecule has 4 nitrogen and oxygen atoms in total. The topological polar surface area (TPSA) is 66.6 Å². The molecule has 0 heterocycles. The van der Waals surface area contributed by atoms with Gasteiger partial charge in [-0.2, -0.15) is 0 Å². The third kappa shape index (κ3) is 5.38. The fourth-order valence-corrected chi connectivity index (χ4v) is 2.57. The summed E-state index contributed by atoms with van der Waals surface area (Å²) < 4.78 is 0. The first kappa shape index (κ1) is 17.5. The lowest BCUT2D eigenvalue weighted by molar-refractivity contribution is -0.133. The summed E-state index contributed by atoms with van der Waals surface area (Å²) in [6.45, 7) is 7.46. The van der Waals surface area contributed by atoms with Crippen molar-refractivity contribution in [2.24, 2.45) is 11.7 Å². The molecule has 1 aromatic carbocycles. The molecule has 0 aromatic heterocycles. The van der Waals surface area contributed by atoms with Gasteiger partial charge in [0.25, 0.3) is 0 Å². The molecule has 2 unspecified atom stereocenters. The zero-order chi connectivity index (χ0) is 15.8. The average Bonchev–Trinajstić information content (AvgIpc) is 2.46. The van der Waals surface area contributed by atoms with Gasteiger partial charge >= 0.3 is 0 Å². The second-order valence-corrected chi connectivity index (χ2v) is 5.67. The maximum atomic E-state index is 12.4. The summed E-state index contributed by atoms with van der Waals surface area (Å²) in [5.74, 6) is 0.880. The van der Waals surface area contributed by atoms with E-state index in [0.29, 0.717) is 25.4 Å². The first-order chi connectivity index (χ1) is 9.99. The van der Waals surface area contributed by atoms with Crippen molar-refractivity contribution in [3.8, 4) is 5.75 Å². The van der Waals surface area contributed by atoms with Crippen LogP contribution >= 0.6 is 0 Å². The van der Waals surface area contributed by atoms with Gasteiger partial charge in [-0.05, 0) is 56.8 Å². The molecule has 0 radical (unpaired) electrons. The number of rotatable bonds is 8. The fourth-order valence-electron chi connectivity index (χ4n) is 2.57. The Morgan fingerprint density at radius 2 is 2.05 bits per heavy atom. The lowest BCUT2D eigenvalue weighted by atomic mass is 10.0. The molecule has 0 bridgehead atoms. The quantitative estimate of drug-likeness (QED) is 0.774. The van der Waals surface area contributed by atoms with Crippen LogP contribution in [0.1, 0.15) is 51.6 Å². The van der Waals surface area contributed by atoms with Gasteiger partial charge in [0.15, 0.2) is 0 Å². The van der Waals surface area contributed by atoms with E-state index in [9.17, 15) is 9.90 Å². The largest absolute Gasteiger partial charge is 0.508 e. The van der Waals surface area contributed by atoms with Crippen LogP contribution in [0, 0.1) is 5.92 Å². The van der Waals surface area contributed by atoms with Crippen LogP contribution in [0.15, 0.2) is 24.3 Å². The van der Waals surface area contributed by atoms with Crippen molar-refractivity contribution < 1.29 is 9.90 Å². The molecule has 118 valence electrons. The van der Waals surface area contributed by atoms with E-state index in [1.807, 2.05) is 30.9 Å². The van der Waals surface area contributed by atoms with E-state index in [1.54, 1.807) is 12.1 Å². The number of benzene rings is 1. The first-order valence-corrected chi connectivity index (χ1v) is 7.78. The normalized spacial score (nSPS) is 13.7. The SMILES string of the molecule is CCN(C(=O)CCC(C)CCN)C(C)c1cccc(O)c1. The predicted octanol–water partition coefficient (Wildman–Crippen LogP) is 3.07. The summed E-state index contributed by atoms with van der Waals surface area (Å²) in [6.07, 6.45) is 2.39. The van der Waals surface area contributed by atoms with Crippen LogP contribution in [0.4, 0.5) is 0 Å². The average molecular weight is 292 g/mol. The van der Waals surface area contributed by atoms with E-state index in [2.05, 4.69) is 6.92 Å². The summed E-state index contributed by atoms with van der Waals surface area (Å²) in [4.78, 5) is 14.3. The highest BCUT2D eigenvalue weighted by atomic mass is 16.3. The second kappa shape index (κ2) is 8.67. The fraction of sp³-hybridized carbons (Fsp3) is 0.588. The summed E-state index contributed by atoms with van der Waals surface area (Å²) in [5.41, 5.74) is 6.50. The molecule has 0 fully saturated rings. The Morgan fingerprint density at radius 1 is 1.33 bits per heavy atom. The van der Waals surface area contributed by atoms with E-state index in [4.69, 9.17) is 5.73 Å². The second-order valence-electron chi connectivity index (χ2n) is 5.67. The Balaban J connectivity index is 2.66. The van der Waals surface area contributed by atoms with Gasteiger partial charge in [-0.15, -0.1) is 0 Å². The van der Waals surface area contributed by atoms with Crippen molar-refractivity contribution in [2.75, 3.05) is 13.1 Å². The minimum Gasteiger partial charge on any atom is -0.508 e. The standard InChI is InChI=1S/C17H28N2O2/c1-4-19(17(21)9-8-13(2)10-11-18)14(3)15-6-5-7-16(20)12-15/h5-7,12-14,20H,4,8-11,18H2,1-3H3. The first-order valence-electron chi connectivity index (χ1n) is 7.78. The molecule has 3 N–H and O–H groups in total. The Kier molecular flexibility index (Phi) is 7.23. The van der Waals surface area contributed by atoms with Crippen molar-refractivity contribution >= 4 is 5.91 Å². The highest BCUT2D eigenvalue weighted by molar-refractivity contribution is 5.76. The minimum absolute atomic E-state index is 0.0283. The van der Waals surface area contributed by atoms with Gasteiger partial charge in [-0.3, -0.25) is 4.79 Å². The molecule has 0 aliphatic carbocycles. The third-order valence-electron chi connectivity index (χ3n) is 3.99. The third-order valence-corrected chi connectivity index (χ3v) is 3.99. The van der Waals surface area contributed by atoms with Gasteiger partial charge in [-0.1, -0.05) is 19.1 Å². The maximum absolute atomic E-state index is 12.4. The predicted molar refractivity (Wildman–Crippen MR) is 86.0 cm³/mol. The molecule has 0 saturated carbocycles. The van der Waals surface area contributed by atoms with Crippen molar-refractivity contribution in [3.63, 3.8) is 0 Å². The Morgan fingerprint density at radius 3 is 2.62 bits per heavy atom. The molecule has 0 aliphatic rings. The minimum atomic E-state index is -0.0283. The molecule has 1 aromatic rings. The smallest absolute Gasteiger partial charge is 0.223 e. The van der Waals surface area contributed by atoms with Gasteiger partial charge in [0.1, 0.15) is 5.75 Å². The zero-order valence-corrected chi connectivity index (χ0v) is 13.4. The highest BCUT2D eigenvalue weighted by Crippen LogP contribution is 2.24. The lowest BCUT2D eigenvalue weighted by Crippen LogP contribution is -2.33. The Hall–Kier alpha value is -1.55. The van der Waals surface area contributed by atoms with Crippen LogP contribution < -0.4 is 5.73 Å². The summed E-state index contributed by atoms with van der Waals surface area (Å²) >= 11 is 0. The van der Waals surface area contributed by atoms with Gasteiger partial charge in [0.05, 0.1) is 6.04 Å². The van der Waals surface area contributed by atoms with Crippen molar-refractivity contribution in [3.05, 3.63) is 29.8 Å². The van der Waals surface area contributed by atoms with Gasteiger partial charge in [-0.25, -0.2) is 0 Å². The molecular weight excluding hydrogens is 264 g/mol. The van der Waals surface area contributed by atoms with Crippen LogP contribution in [0.25, 0.3) is 0 Å². The monoisotopic (exact) mass is 292 g/mol. The van der Waals surface area contributed by atoms with Gasteiger partial charge in [0, 0.05) is 13.0 Å². The molecule has 0 aliphatic heterocycles. The van der Waals surface area contributed by atoms with Crippen molar-refractivity contribution in [1.29, 1.82) is 0 Å². The summed E-state index contributed by atoms with van der Waals surface area (Å²) in [6, 6.07) is 7.08. The maximum Gasteiger partial charge on any atom is 0.223 e. The van der Waals surface area contributed by atoms with E-state index in [1.165, 1.54) is 0 Å². The molecule has 1 amide bonds. The molecule has 0 spiro atoms. The summed E-state index contributed by atoms with van der Waals surface area (Å²) in [7, 11) is 0. The number of aromatic hydroxyl groups is 1. The van der Waals surface area contributed by atoms with E-state index >= 15 is 0 Å². The number of hydrogen-bond donors (Lipinski definition) is 2. The zero-order valence-electron chi connectivity index (χ0n) is 13.4. The Labute approximate surface area is 128 Å². The van der Waals surface area contributed by atoms with Gasteiger partial charge in [0.2, 0.25) is 5.91 Å². The molecule has 1 rings (SSSR count). The van der Waals surface area contributed by atoms with Crippen LogP contribution in [0.5, 0.6) is 5.75 Å². The Bertz CT molecular complexity index is 448. The van der Waals surface area contributed by atoms with Crippen LogP contribution in [0.3, 0.4) is 0 Å². The van der Waals surface area contributed by atoms with Crippen LogP contribution in [-0.4, -0.2) is 29.0 Å². The van der Waals surface area contributed by atoms with E-state index < -0.39 is 0 Å². The highest BCUT2D eigenvalue weighted by Gasteiger charge is 2.20. The molecule has 0 saturated heterocycles. The number of nitrogens with zero attached hydrogens (tertiary/aromatic N) is 1. The van der Waals surface area contributed by atoms with Gasteiger partial charge < -0.3 is 15.7 Å². The number of carbonyl (C=O) groups is 1. The molecular formula is C17H28N2O2. The number of nitrogens with two attached hydrogens (primary N) is 1. The van der Waals surface area contributed by atoms with Crippen molar-refractivity contribution in [1.82, 2.24) is 4.90 Å². The molecule has 4 heteroatoms. The van der Waals surface area contributed by atoms with Crippen LogP contribution in [0.2, 0.25) is 0 Å².